The van der Waals surface area contributed by atoms with Gasteiger partial charge in [-0.15, -0.1) is 0 Å². The average molecular weight is 416 g/mol. The Hall–Kier alpha value is -2.57. The van der Waals surface area contributed by atoms with Crippen LogP contribution in [0.4, 0.5) is 4.79 Å². The van der Waals surface area contributed by atoms with E-state index in [4.69, 9.17) is 14.2 Å². The van der Waals surface area contributed by atoms with Crippen molar-refractivity contribution in [2.45, 2.75) is 52.4 Å². The van der Waals surface area contributed by atoms with Crippen LogP contribution >= 0.6 is 0 Å². The van der Waals surface area contributed by atoms with Crippen molar-refractivity contribution in [2.24, 2.45) is 0 Å². The van der Waals surface area contributed by atoms with Crippen molar-refractivity contribution in [2.75, 3.05) is 20.3 Å². The Morgan fingerprint density at radius 2 is 1.83 bits per heavy atom. The molecule has 2 N–H and O–H groups in total. The van der Waals surface area contributed by atoms with E-state index in [-0.39, 0.29) is 17.6 Å². The molecule has 0 saturated carbocycles. The standard InChI is InChI=1S/C24H31NO4.H2O/c1-17-6-8-18(9-7-17)15-28-20-10-11-21-19(14-20)12-13-25(22(21)16-27-5)23(26)29-24(2,3)4;/h6-11,14,22H,12-13,15-16H2,1-5H3;1H2/t22-;/m0./s1. The number of hydrogen-bond acceptors (Lipinski definition) is 4. The SMILES string of the molecule is COC[C@H]1c2ccc(OCc3ccc(C)cc3)cc2CCN1C(=O)OC(C)(C)C.O. The normalized spacial score (nSPS) is 15.8. The highest BCUT2D eigenvalue weighted by Crippen LogP contribution is 2.33. The fraction of sp³-hybridized carbons (Fsp3) is 0.458. The van der Waals surface area contributed by atoms with Crippen LogP contribution in [0, 0.1) is 6.92 Å². The van der Waals surface area contributed by atoms with E-state index in [0.29, 0.717) is 19.8 Å². The smallest absolute Gasteiger partial charge is 0.410 e. The van der Waals surface area contributed by atoms with Crippen LogP contribution in [0.3, 0.4) is 0 Å². The quantitative estimate of drug-likeness (QED) is 0.732. The van der Waals surface area contributed by atoms with Crippen LogP contribution in [0.1, 0.15) is 49.1 Å². The van der Waals surface area contributed by atoms with Crippen molar-refractivity contribution in [3.63, 3.8) is 0 Å². The number of carbonyl (C=O) groups is 1. The topological polar surface area (TPSA) is 79.5 Å². The Bertz CT molecular complexity index is 842. The summed E-state index contributed by atoms with van der Waals surface area (Å²) in [5.74, 6) is 0.839. The molecule has 6 nitrogen and oxygen atoms in total. The molecule has 0 saturated heterocycles. The molecule has 3 rings (SSSR count). The minimum Gasteiger partial charge on any atom is -0.489 e. The van der Waals surface area contributed by atoms with E-state index in [9.17, 15) is 4.79 Å². The lowest BCUT2D eigenvalue weighted by Crippen LogP contribution is -2.44. The lowest BCUT2D eigenvalue weighted by molar-refractivity contribution is 0.00323. The summed E-state index contributed by atoms with van der Waals surface area (Å²) in [6.07, 6.45) is 0.459. The first-order valence-electron chi connectivity index (χ1n) is 10.1. The van der Waals surface area contributed by atoms with Crippen LogP contribution in [0.5, 0.6) is 5.75 Å². The second-order valence-corrected chi connectivity index (χ2v) is 8.53. The summed E-state index contributed by atoms with van der Waals surface area (Å²) in [6.45, 7) is 9.27. The van der Waals surface area contributed by atoms with Crippen molar-refractivity contribution in [3.8, 4) is 5.75 Å². The monoisotopic (exact) mass is 415 g/mol. The van der Waals surface area contributed by atoms with Gasteiger partial charge in [0, 0.05) is 13.7 Å². The van der Waals surface area contributed by atoms with Gasteiger partial charge in [0.15, 0.2) is 0 Å². The second-order valence-electron chi connectivity index (χ2n) is 8.53. The maximum Gasteiger partial charge on any atom is 0.410 e. The van der Waals surface area contributed by atoms with E-state index < -0.39 is 5.60 Å². The molecular weight excluding hydrogens is 382 g/mol. The molecule has 1 amide bonds. The molecular formula is C24H33NO5. The molecule has 164 valence electrons. The molecule has 2 aromatic carbocycles. The van der Waals surface area contributed by atoms with Crippen molar-refractivity contribution in [1.82, 2.24) is 4.90 Å². The summed E-state index contributed by atoms with van der Waals surface area (Å²) in [7, 11) is 1.65. The first kappa shape index (κ1) is 23.7. The third-order valence-electron chi connectivity index (χ3n) is 4.95. The summed E-state index contributed by atoms with van der Waals surface area (Å²) >= 11 is 0. The Morgan fingerprint density at radius 1 is 1.13 bits per heavy atom. The molecule has 2 aromatic rings. The third kappa shape index (κ3) is 5.97. The van der Waals surface area contributed by atoms with Crippen molar-refractivity contribution < 1.29 is 24.5 Å². The first-order valence-corrected chi connectivity index (χ1v) is 10.1. The van der Waals surface area contributed by atoms with Gasteiger partial charge in [0.2, 0.25) is 0 Å². The highest BCUT2D eigenvalue weighted by atomic mass is 16.6. The lowest BCUT2D eigenvalue weighted by Gasteiger charge is -2.37. The molecule has 1 aliphatic rings. The molecule has 0 aliphatic carbocycles. The number of methoxy groups -OCH3 is 1. The number of benzene rings is 2. The number of aryl methyl sites for hydroxylation is 1. The first-order chi connectivity index (χ1) is 13.8. The molecule has 6 heteroatoms. The zero-order valence-electron chi connectivity index (χ0n) is 18.5. The Morgan fingerprint density at radius 3 is 2.47 bits per heavy atom. The van der Waals surface area contributed by atoms with Crippen molar-refractivity contribution in [3.05, 3.63) is 64.7 Å². The number of rotatable bonds is 5. The van der Waals surface area contributed by atoms with E-state index in [0.717, 1.165) is 23.3 Å². The lowest BCUT2D eigenvalue weighted by atomic mass is 9.93. The predicted molar refractivity (Wildman–Crippen MR) is 117 cm³/mol. The molecule has 1 aliphatic heterocycles. The second kappa shape index (κ2) is 9.96. The third-order valence-corrected chi connectivity index (χ3v) is 4.95. The molecule has 1 atom stereocenters. The van der Waals surface area contributed by atoms with E-state index in [1.54, 1.807) is 12.0 Å². The van der Waals surface area contributed by atoms with Gasteiger partial charge in [-0.2, -0.15) is 0 Å². The molecule has 0 radical (unpaired) electrons. The summed E-state index contributed by atoms with van der Waals surface area (Å²) < 4.78 is 17.0. The molecule has 0 fully saturated rings. The van der Waals surface area contributed by atoms with Gasteiger partial charge >= 0.3 is 6.09 Å². The van der Waals surface area contributed by atoms with Gasteiger partial charge in [-0.05, 0) is 62.9 Å². The average Bonchev–Trinajstić information content (AvgIpc) is 2.66. The summed E-state index contributed by atoms with van der Waals surface area (Å²) in [6, 6.07) is 14.3. The maximum atomic E-state index is 12.7. The molecule has 30 heavy (non-hydrogen) atoms. The van der Waals surface area contributed by atoms with Crippen LogP contribution in [0.15, 0.2) is 42.5 Å². The molecule has 0 spiro atoms. The van der Waals surface area contributed by atoms with Gasteiger partial charge in [0.25, 0.3) is 0 Å². The summed E-state index contributed by atoms with van der Waals surface area (Å²) in [5.41, 5.74) is 4.13. The van der Waals surface area contributed by atoms with E-state index >= 15 is 0 Å². The van der Waals surface area contributed by atoms with E-state index in [2.05, 4.69) is 37.3 Å². The molecule has 0 bridgehead atoms. The number of nitrogens with zero attached hydrogens (tertiary/aromatic N) is 1. The van der Waals surface area contributed by atoms with Crippen LogP contribution < -0.4 is 4.74 Å². The van der Waals surface area contributed by atoms with Gasteiger partial charge in [0.05, 0.1) is 12.6 Å². The number of hydrogen-bond donors (Lipinski definition) is 0. The summed E-state index contributed by atoms with van der Waals surface area (Å²) in [5, 5.41) is 0. The van der Waals surface area contributed by atoms with Gasteiger partial charge in [-0.3, -0.25) is 4.90 Å². The van der Waals surface area contributed by atoms with Crippen molar-refractivity contribution >= 4 is 6.09 Å². The van der Waals surface area contributed by atoms with E-state index in [1.807, 2.05) is 32.9 Å². The Kier molecular flexibility index (Phi) is 7.87. The number of amides is 1. The van der Waals surface area contributed by atoms with Gasteiger partial charge in [-0.1, -0.05) is 35.9 Å². The summed E-state index contributed by atoms with van der Waals surface area (Å²) in [4.78, 5) is 14.5. The van der Waals surface area contributed by atoms with Crippen LogP contribution in [-0.4, -0.2) is 42.3 Å². The number of fused-ring (bicyclic) bond motifs is 1. The zero-order chi connectivity index (χ0) is 21.0. The Labute approximate surface area is 179 Å². The largest absolute Gasteiger partial charge is 0.489 e. The maximum absolute atomic E-state index is 12.7. The fourth-order valence-electron chi connectivity index (χ4n) is 3.51. The Balaban J connectivity index is 0.00000320. The molecule has 0 aromatic heterocycles. The molecule has 1 heterocycles. The minimum absolute atomic E-state index is 0. The van der Waals surface area contributed by atoms with E-state index in [1.165, 1.54) is 11.1 Å². The van der Waals surface area contributed by atoms with Crippen LogP contribution in [-0.2, 0) is 22.5 Å². The van der Waals surface area contributed by atoms with Gasteiger partial charge in [-0.25, -0.2) is 4.79 Å². The number of carbonyl (C=O) groups excluding carboxylic acids is 1. The van der Waals surface area contributed by atoms with Crippen LogP contribution in [0.2, 0.25) is 0 Å². The highest BCUT2D eigenvalue weighted by Gasteiger charge is 2.33. The highest BCUT2D eigenvalue weighted by molar-refractivity contribution is 5.69. The fourth-order valence-corrected chi connectivity index (χ4v) is 3.51. The van der Waals surface area contributed by atoms with Crippen LogP contribution in [0.25, 0.3) is 0 Å². The number of ether oxygens (including phenoxy) is 3. The minimum atomic E-state index is -0.525. The van der Waals surface area contributed by atoms with Gasteiger partial charge < -0.3 is 19.7 Å². The molecule has 0 unspecified atom stereocenters. The van der Waals surface area contributed by atoms with Crippen molar-refractivity contribution in [1.29, 1.82) is 0 Å². The zero-order valence-corrected chi connectivity index (χ0v) is 18.5. The predicted octanol–water partition coefficient (Wildman–Crippen LogP) is 4.23. The van der Waals surface area contributed by atoms with Gasteiger partial charge in [0.1, 0.15) is 18.0 Å².